The highest BCUT2D eigenvalue weighted by Gasteiger charge is 2.30. The van der Waals surface area contributed by atoms with Crippen LogP contribution < -0.4 is 0 Å². The second kappa shape index (κ2) is 5.15. The quantitative estimate of drug-likeness (QED) is 0.923. The predicted molar refractivity (Wildman–Crippen MR) is 76.0 cm³/mol. The van der Waals surface area contributed by atoms with Gasteiger partial charge in [-0.3, -0.25) is 4.57 Å². The summed E-state index contributed by atoms with van der Waals surface area (Å²) in [6.45, 7) is 0.304. The van der Waals surface area contributed by atoms with Crippen molar-refractivity contribution < 1.29 is 23.1 Å². The van der Waals surface area contributed by atoms with Crippen LogP contribution in [0.5, 0.6) is 0 Å². The van der Waals surface area contributed by atoms with Crippen molar-refractivity contribution in [3.8, 4) is 11.3 Å². The van der Waals surface area contributed by atoms with E-state index in [1.54, 1.807) is 16.5 Å². The first-order chi connectivity index (χ1) is 10.8. The fourth-order valence-electron chi connectivity index (χ4n) is 2.44. The van der Waals surface area contributed by atoms with E-state index in [1.807, 2.05) is 0 Å². The van der Waals surface area contributed by atoms with Gasteiger partial charge in [0.1, 0.15) is 11.5 Å². The molecule has 2 heterocycles. The van der Waals surface area contributed by atoms with Gasteiger partial charge in [-0.25, -0.2) is 9.78 Å². The number of carbonyl (C=O) groups is 1. The lowest BCUT2D eigenvalue weighted by Gasteiger charge is -2.24. The molecule has 1 aliphatic heterocycles. The van der Waals surface area contributed by atoms with E-state index in [0.29, 0.717) is 23.6 Å². The molecule has 0 amide bonds. The molecule has 2 aromatic rings. The van der Waals surface area contributed by atoms with Crippen molar-refractivity contribution in [3.63, 3.8) is 0 Å². The number of benzene rings is 1. The van der Waals surface area contributed by atoms with Crippen molar-refractivity contribution in [2.24, 2.45) is 0 Å². The number of aliphatic carboxylic acids is 1. The van der Waals surface area contributed by atoms with E-state index < -0.39 is 17.7 Å². The van der Waals surface area contributed by atoms with Gasteiger partial charge in [0.25, 0.3) is 0 Å². The number of imidazole rings is 1. The number of hydrogen-bond donors (Lipinski definition) is 1. The van der Waals surface area contributed by atoms with Gasteiger partial charge >= 0.3 is 12.1 Å². The maximum Gasteiger partial charge on any atom is 0.416 e. The van der Waals surface area contributed by atoms with Crippen LogP contribution >= 0.6 is 0 Å². The van der Waals surface area contributed by atoms with E-state index in [0.717, 1.165) is 12.1 Å². The number of aromatic nitrogens is 2. The minimum Gasteiger partial charge on any atom is -0.477 e. The summed E-state index contributed by atoms with van der Waals surface area (Å²) in [5.74, 6) is -0.461. The van der Waals surface area contributed by atoms with Crippen LogP contribution in [0.3, 0.4) is 0 Å². The van der Waals surface area contributed by atoms with Gasteiger partial charge < -0.3 is 10.0 Å². The van der Waals surface area contributed by atoms with Gasteiger partial charge in [-0.15, -0.1) is 0 Å². The van der Waals surface area contributed by atoms with Crippen LogP contribution in [0.15, 0.2) is 36.2 Å². The minimum atomic E-state index is -4.39. The van der Waals surface area contributed by atoms with Crippen LogP contribution in [0.25, 0.3) is 17.5 Å². The van der Waals surface area contributed by atoms with E-state index in [4.69, 9.17) is 0 Å². The van der Waals surface area contributed by atoms with Gasteiger partial charge in [0.2, 0.25) is 0 Å². The Bertz CT molecular complexity index is 791. The highest BCUT2D eigenvalue weighted by molar-refractivity contribution is 5.90. The van der Waals surface area contributed by atoms with Crippen LogP contribution in [-0.4, -0.2) is 32.6 Å². The molecule has 23 heavy (non-hydrogen) atoms. The zero-order chi connectivity index (χ0) is 16.8. The monoisotopic (exact) mass is 323 g/mol. The van der Waals surface area contributed by atoms with Crippen LogP contribution in [0.4, 0.5) is 13.2 Å². The van der Waals surface area contributed by atoms with Gasteiger partial charge in [-0.2, -0.15) is 13.2 Å². The molecule has 8 heteroatoms. The van der Waals surface area contributed by atoms with Gasteiger partial charge in [-0.05, 0) is 12.1 Å². The molecule has 0 fully saturated rings. The number of carboxylic acid groups (broad SMARTS) is 1. The molecule has 5 nitrogen and oxygen atoms in total. The number of alkyl halides is 3. The molecule has 0 radical (unpaired) electrons. The molecule has 0 spiro atoms. The molecular weight excluding hydrogens is 311 g/mol. The Balaban J connectivity index is 2.03. The molecule has 1 aromatic heterocycles. The SMILES string of the molecule is CN1Cc2ncc(-c3ccc(C(F)(F)F)cc3)n2C=C1C(=O)O. The third kappa shape index (κ3) is 2.67. The Kier molecular flexibility index (Phi) is 3.39. The van der Waals surface area contributed by atoms with Crippen molar-refractivity contribution in [1.82, 2.24) is 14.5 Å². The van der Waals surface area contributed by atoms with E-state index in [1.165, 1.54) is 24.5 Å². The Morgan fingerprint density at radius 1 is 1.26 bits per heavy atom. The molecule has 0 saturated heterocycles. The van der Waals surface area contributed by atoms with Crippen molar-refractivity contribution >= 4 is 12.2 Å². The summed E-state index contributed by atoms with van der Waals surface area (Å²) >= 11 is 0. The maximum atomic E-state index is 12.6. The van der Waals surface area contributed by atoms with Crippen molar-refractivity contribution in [3.05, 3.63) is 47.5 Å². The van der Waals surface area contributed by atoms with Crippen molar-refractivity contribution in [2.45, 2.75) is 12.7 Å². The molecule has 1 N–H and O–H groups in total. The summed E-state index contributed by atoms with van der Waals surface area (Å²) in [5.41, 5.74) is 0.424. The Morgan fingerprint density at radius 3 is 2.48 bits per heavy atom. The second-order valence-electron chi connectivity index (χ2n) is 5.18. The number of rotatable bonds is 2. The number of fused-ring (bicyclic) bond motifs is 1. The summed E-state index contributed by atoms with van der Waals surface area (Å²) < 4.78 is 39.5. The summed E-state index contributed by atoms with van der Waals surface area (Å²) in [6.07, 6.45) is -1.46. The molecule has 0 bridgehead atoms. The third-order valence-corrected chi connectivity index (χ3v) is 3.64. The standard InChI is InChI=1S/C15H12F3N3O2/c1-20-8-13-19-6-11(21(13)7-12(20)14(22)23)9-2-4-10(5-3-9)15(16,17)18/h2-7H,8H2,1H3,(H,22,23). The first kappa shape index (κ1) is 15.1. The van der Waals surface area contributed by atoms with E-state index in [-0.39, 0.29) is 5.70 Å². The lowest BCUT2D eigenvalue weighted by atomic mass is 10.1. The second-order valence-corrected chi connectivity index (χ2v) is 5.18. The molecule has 1 aliphatic rings. The average molecular weight is 323 g/mol. The Hall–Kier alpha value is -2.77. The predicted octanol–water partition coefficient (Wildman–Crippen LogP) is 2.90. The number of halogens is 3. The van der Waals surface area contributed by atoms with Crippen molar-refractivity contribution in [2.75, 3.05) is 7.05 Å². The number of hydrogen-bond acceptors (Lipinski definition) is 3. The Morgan fingerprint density at radius 2 is 1.91 bits per heavy atom. The van der Waals surface area contributed by atoms with E-state index >= 15 is 0 Å². The molecule has 0 atom stereocenters. The summed E-state index contributed by atoms with van der Waals surface area (Å²) in [7, 11) is 1.63. The van der Waals surface area contributed by atoms with Crippen LogP contribution in [0, 0.1) is 0 Å². The van der Waals surface area contributed by atoms with E-state index in [9.17, 15) is 23.1 Å². The summed E-state index contributed by atoms with van der Waals surface area (Å²) in [6, 6.07) is 4.68. The van der Waals surface area contributed by atoms with Crippen LogP contribution in [-0.2, 0) is 17.5 Å². The smallest absolute Gasteiger partial charge is 0.416 e. The van der Waals surface area contributed by atoms with Gasteiger partial charge in [0.15, 0.2) is 0 Å². The molecule has 0 aliphatic carbocycles. The zero-order valence-electron chi connectivity index (χ0n) is 12.0. The molecule has 3 rings (SSSR count). The average Bonchev–Trinajstić information content (AvgIpc) is 2.88. The van der Waals surface area contributed by atoms with Gasteiger partial charge in [0.05, 0.1) is 24.0 Å². The first-order valence-corrected chi connectivity index (χ1v) is 6.67. The fraction of sp³-hybridized carbons (Fsp3) is 0.200. The molecule has 0 unspecified atom stereocenters. The number of likely N-dealkylation sites (N-methyl/N-ethyl adjacent to an activating group) is 1. The molecule has 1 aromatic carbocycles. The highest BCUT2D eigenvalue weighted by atomic mass is 19.4. The molecular formula is C15H12F3N3O2. The summed E-state index contributed by atoms with van der Waals surface area (Å²) in [4.78, 5) is 17.0. The first-order valence-electron chi connectivity index (χ1n) is 6.67. The van der Waals surface area contributed by atoms with Crippen LogP contribution in [0.1, 0.15) is 11.4 Å². The molecule has 120 valence electrons. The highest BCUT2D eigenvalue weighted by Crippen LogP contribution is 2.32. The largest absolute Gasteiger partial charge is 0.477 e. The maximum absolute atomic E-state index is 12.6. The van der Waals surface area contributed by atoms with Crippen molar-refractivity contribution in [1.29, 1.82) is 0 Å². The van der Waals surface area contributed by atoms with Gasteiger partial charge in [0, 0.05) is 18.8 Å². The third-order valence-electron chi connectivity index (χ3n) is 3.64. The zero-order valence-corrected chi connectivity index (χ0v) is 12.0. The topological polar surface area (TPSA) is 58.4 Å². The molecule has 0 saturated carbocycles. The normalized spacial score (nSPS) is 14.4. The van der Waals surface area contributed by atoms with Crippen LogP contribution in [0.2, 0.25) is 0 Å². The van der Waals surface area contributed by atoms with Gasteiger partial charge in [-0.1, -0.05) is 12.1 Å². The lowest BCUT2D eigenvalue weighted by molar-refractivity contribution is -0.137. The van der Waals surface area contributed by atoms with E-state index in [2.05, 4.69) is 4.98 Å². The minimum absolute atomic E-state index is 0.0867. The lowest BCUT2D eigenvalue weighted by Crippen LogP contribution is -2.28. The Labute approximate surface area is 129 Å². The number of nitrogens with zero attached hydrogens (tertiary/aromatic N) is 3. The summed E-state index contributed by atoms with van der Waals surface area (Å²) in [5, 5.41) is 9.19. The fourth-order valence-corrected chi connectivity index (χ4v) is 2.44. The number of carboxylic acids is 1.